The van der Waals surface area contributed by atoms with E-state index in [0.717, 1.165) is 24.8 Å². The van der Waals surface area contributed by atoms with Crippen molar-refractivity contribution in [3.63, 3.8) is 0 Å². The summed E-state index contributed by atoms with van der Waals surface area (Å²) in [5, 5.41) is 5.70. The van der Waals surface area contributed by atoms with Crippen molar-refractivity contribution in [2.24, 2.45) is 0 Å². The van der Waals surface area contributed by atoms with Crippen LogP contribution in [-0.2, 0) is 9.59 Å². The molecule has 88 valence electrons. The molecule has 2 aliphatic rings. The third-order valence-electron chi connectivity index (χ3n) is 3.29. The normalized spacial score (nSPS) is 24.1. The van der Waals surface area contributed by atoms with Gasteiger partial charge in [-0.3, -0.25) is 9.59 Å². The van der Waals surface area contributed by atoms with Gasteiger partial charge >= 0.3 is 0 Å². The first-order chi connectivity index (χ1) is 7.72. The van der Waals surface area contributed by atoms with E-state index in [1.54, 1.807) is 0 Å². The van der Waals surface area contributed by atoms with Crippen molar-refractivity contribution in [3.8, 4) is 0 Å². The molecule has 1 fully saturated rings. The van der Waals surface area contributed by atoms with Gasteiger partial charge in [0.05, 0.1) is 12.5 Å². The molecule has 0 radical (unpaired) electrons. The van der Waals surface area contributed by atoms with Gasteiger partial charge in [-0.05, 0) is 31.8 Å². The van der Waals surface area contributed by atoms with Gasteiger partial charge in [-0.1, -0.05) is 6.42 Å². The van der Waals surface area contributed by atoms with Gasteiger partial charge in [0.25, 0.3) is 0 Å². The first-order valence-electron chi connectivity index (χ1n) is 6.02. The molecule has 4 nitrogen and oxygen atoms in total. The zero-order chi connectivity index (χ0) is 11.5. The van der Waals surface area contributed by atoms with Crippen molar-refractivity contribution < 1.29 is 9.59 Å². The van der Waals surface area contributed by atoms with Crippen LogP contribution in [0.2, 0.25) is 0 Å². The topological polar surface area (TPSA) is 58.2 Å². The summed E-state index contributed by atoms with van der Waals surface area (Å²) in [6, 6.07) is 0.214. The Hall–Kier alpha value is -1.32. The van der Waals surface area contributed by atoms with Crippen LogP contribution < -0.4 is 10.6 Å². The van der Waals surface area contributed by atoms with Gasteiger partial charge in [-0.15, -0.1) is 0 Å². The van der Waals surface area contributed by atoms with Crippen LogP contribution in [-0.4, -0.2) is 24.4 Å². The lowest BCUT2D eigenvalue weighted by Crippen LogP contribution is -2.30. The maximum atomic E-state index is 11.7. The van der Waals surface area contributed by atoms with E-state index >= 15 is 0 Å². The van der Waals surface area contributed by atoms with Crippen LogP contribution in [0.4, 0.5) is 0 Å². The lowest BCUT2D eigenvalue weighted by molar-refractivity contribution is -0.122. The number of amides is 2. The fraction of sp³-hybridized carbons (Fsp3) is 0.667. The maximum absolute atomic E-state index is 11.7. The summed E-state index contributed by atoms with van der Waals surface area (Å²) in [5.41, 5.74) is 1.90. The second-order valence-electron chi connectivity index (χ2n) is 4.41. The van der Waals surface area contributed by atoms with Crippen molar-refractivity contribution in [2.45, 2.75) is 45.1 Å². The van der Waals surface area contributed by atoms with E-state index in [0.29, 0.717) is 6.54 Å². The molecule has 1 heterocycles. The summed E-state index contributed by atoms with van der Waals surface area (Å²) in [7, 11) is 0. The summed E-state index contributed by atoms with van der Waals surface area (Å²) in [6.45, 7) is 2.50. The molecule has 0 saturated heterocycles. The van der Waals surface area contributed by atoms with Crippen LogP contribution in [0.3, 0.4) is 0 Å². The van der Waals surface area contributed by atoms with Gasteiger partial charge < -0.3 is 10.6 Å². The molecule has 0 aromatic rings. The minimum atomic E-state index is -0.0497. The highest BCUT2D eigenvalue weighted by Crippen LogP contribution is 2.32. The number of nitrogens with one attached hydrogen (secondary N) is 2. The molecule has 2 rings (SSSR count). The Balaban J connectivity index is 2.10. The summed E-state index contributed by atoms with van der Waals surface area (Å²) in [4.78, 5) is 23.2. The lowest BCUT2D eigenvalue weighted by Gasteiger charge is -2.20. The second kappa shape index (κ2) is 4.68. The average Bonchev–Trinajstić information content (AvgIpc) is 2.56. The predicted molar refractivity (Wildman–Crippen MR) is 60.7 cm³/mol. The summed E-state index contributed by atoms with van der Waals surface area (Å²) < 4.78 is 0. The number of hydrogen-bond donors (Lipinski definition) is 2. The average molecular weight is 222 g/mol. The van der Waals surface area contributed by atoms with Crippen LogP contribution in [0.5, 0.6) is 0 Å². The Labute approximate surface area is 95.5 Å². The third-order valence-corrected chi connectivity index (χ3v) is 3.29. The molecular formula is C12H18N2O2. The monoisotopic (exact) mass is 222 g/mol. The van der Waals surface area contributed by atoms with Gasteiger partial charge in [0.1, 0.15) is 0 Å². The molecule has 16 heavy (non-hydrogen) atoms. The lowest BCUT2D eigenvalue weighted by atomic mass is 9.89. The van der Waals surface area contributed by atoms with Gasteiger partial charge in [0.2, 0.25) is 11.8 Å². The zero-order valence-electron chi connectivity index (χ0n) is 9.64. The first-order valence-corrected chi connectivity index (χ1v) is 6.02. The molecule has 0 aromatic heterocycles. The van der Waals surface area contributed by atoms with E-state index in [1.165, 1.54) is 12.0 Å². The Kier molecular flexibility index (Phi) is 3.27. The molecule has 0 aromatic carbocycles. The highest BCUT2D eigenvalue weighted by atomic mass is 16.2. The van der Waals surface area contributed by atoms with Crippen LogP contribution in [0, 0.1) is 0 Å². The van der Waals surface area contributed by atoms with Gasteiger partial charge in [-0.25, -0.2) is 0 Å². The quantitative estimate of drug-likeness (QED) is 0.744. The minimum absolute atomic E-state index is 0.0341. The molecule has 0 spiro atoms. The van der Waals surface area contributed by atoms with E-state index in [-0.39, 0.29) is 24.3 Å². The standard InChI is InChI=1S/C12H18N2O2/c1-2-13-11(15)7-9-8-5-3-4-6-10(8)14-12(9)16/h10H,2-7H2,1H3,(H,13,15)(H,14,16). The summed E-state index contributed by atoms with van der Waals surface area (Å²) >= 11 is 0. The number of rotatable bonds is 3. The highest BCUT2D eigenvalue weighted by Gasteiger charge is 2.33. The molecule has 1 aliphatic heterocycles. The van der Waals surface area contributed by atoms with Crippen molar-refractivity contribution >= 4 is 11.8 Å². The van der Waals surface area contributed by atoms with Crippen molar-refractivity contribution in [1.29, 1.82) is 0 Å². The SMILES string of the molecule is CCNC(=O)CC1=C2CCCCC2NC1=O. The number of carbonyl (C=O) groups is 2. The molecule has 1 unspecified atom stereocenters. The maximum Gasteiger partial charge on any atom is 0.248 e. The van der Waals surface area contributed by atoms with Gasteiger partial charge in [0.15, 0.2) is 0 Å². The highest BCUT2D eigenvalue weighted by molar-refractivity contribution is 6.02. The second-order valence-corrected chi connectivity index (χ2v) is 4.41. The first kappa shape index (κ1) is 11.2. The Morgan fingerprint density at radius 1 is 1.50 bits per heavy atom. The minimum Gasteiger partial charge on any atom is -0.356 e. The van der Waals surface area contributed by atoms with E-state index in [4.69, 9.17) is 0 Å². The van der Waals surface area contributed by atoms with Crippen LogP contribution >= 0.6 is 0 Å². The molecular weight excluding hydrogens is 204 g/mol. The largest absolute Gasteiger partial charge is 0.356 e. The van der Waals surface area contributed by atoms with Crippen LogP contribution in [0.25, 0.3) is 0 Å². The molecule has 1 atom stereocenters. The molecule has 4 heteroatoms. The Bertz CT molecular complexity index is 347. The number of fused-ring (bicyclic) bond motifs is 1. The number of carbonyl (C=O) groups excluding carboxylic acids is 2. The van der Waals surface area contributed by atoms with E-state index in [1.807, 2.05) is 6.92 Å². The third kappa shape index (κ3) is 2.10. The molecule has 2 amide bonds. The Morgan fingerprint density at radius 2 is 2.31 bits per heavy atom. The van der Waals surface area contributed by atoms with Crippen molar-refractivity contribution in [2.75, 3.05) is 6.54 Å². The number of hydrogen-bond acceptors (Lipinski definition) is 2. The van der Waals surface area contributed by atoms with E-state index in [9.17, 15) is 9.59 Å². The molecule has 1 aliphatic carbocycles. The van der Waals surface area contributed by atoms with E-state index < -0.39 is 0 Å². The van der Waals surface area contributed by atoms with Crippen LogP contribution in [0.1, 0.15) is 39.0 Å². The summed E-state index contributed by atoms with van der Waals surface area (Å²) in [5.74, 6) is -0.0838. The van der Waals surface area contributed by atoms with Gasteiger partial charge in [-0.2, -0.15) is 0 Å². The zero-order valence-corrected chi connectivity index (χ0v) is 9.64. The van der Waals surface area contributed by atoms with E-state index in [2.05, 4.69) is 10.6 Å². The molecule has 0 bridgehead atoms. The smallest absolute Gasteiger partial charge is 0.248 e. The predicted octanol–water partition coefficient (Wildman–Crippen LogP) is 0.882. The van der Waals surface area contributed by atoms with Crippen LogP contribution in [0.15, 0.2) is 11.1 Å². The fourth-order valence-corrected chi connectivity index (χ4v) is 2.54. The van der Waals surface area contributed by atoms with Crippen molar-refractivity contribution in [1.82, 2.24) is 10.6 Å². The molecule has 2 N–H and O–H groups in total. The summed E-state index contributed by atoms with van der Waals surface area (Å²) in [6.07, 6.45) is 4.55. The molecule has 1 saturated carbocycles. The van der Waals surface area contributed by atoms with Crippen molar-refractivity contribution in [3.05, 3.63) is 11.1 Å². The fourth-order valence-electron chi connectivity index (χ4n) is 2.54. The Morgan fingerprint density at radius 3 is 3.06 bits per heavy atom. The van der Waals surface area contributed by atoms with Gasteiger partial charge in [0, 0.05) is 12.1 Å².